The van der Waals surface area contributed by atoms with Gasteiger partial charge in [-0.1, -0.05) is 11.8 Å². The van der Waals surface area contributed by atoms with E-state index in [1.807, 2.05) is 4.57 Å². The van der Waals surface area contributed by atoms with Crippen molar-refractivity contribution in [3.8, 4) is 5.75 Å². The Morgan fingerprint density at radius 1 is 1.27 bits per heavy atom. The lowest BCUT2D eigenvalue weighted by molar-refractivity contribution is -0.274. The molecule has 0 saturated carbocycles. The minimum absolute atomic E-state index is 0.0744. The summed E-state index contributed by atoms with van der Waals surface area (Å²) in [5.74, 6) is -0.259. The number of aromatic nitrogens is 2. The van der Waals surface area contributed by atoms with Crippen molar-refractivity contribution in [1.29, 1.82) is 0 Å². The molecule has 0 atom stereocenters. The predicted molar refractivity (Wildman–Crippen MR) is 78.4 cm³/mol. The quantitative estimate of drug-likeness (QED) is 0.825. The van der Waals surface area contributed by atoms with Crippen LogP contribution in [0.1, 0.15) is 13.8 Å². The lowest BCUT2D eigenvalue weighted by Crippen LogP contribution is -2.21. The highest BCUT2D eigenvalue weighted by molar-refractivity contribution is 8.00. The van der Waals surface area contributed by atoms with E-state index in [4.69, 9.17) is 0 Å². The Hall–Kier alpha value is -1.48. The molecule has 4 nitrogen and oxygen atoms in total. The number of ether oxygens (including phenoxy) is 1. The van der Waals surface area contributed by atoms with Crippen LogP contribution in [0.5, 0.6) is 5.75 Å². The van der Waals surface area contributed by atoms with Gasteiger partial charge in [0.05, 0.1) is 5.69 Å². The monoisotopic (exact) mass is 347 g/mol. The lowest BCUT2D eigenvalue weighted by Gasteiger charge is -2.12. The van der Waals surface area contributed by atoms with E-state index in [0.29, 0.717) is 5.69 Å². The van der Waals surface area contributed by atoms with Crippen molar-refractivity contribution in [2.75, 3.05) is 0 Å². The molecule has 0 unspecified atom stereocenters. The number of hydrogen-bond acceptors (Lipinski definition) is 5. The Morgan fingerprint density at radius 3 is 2.59 bits per heavy atom. The first-order chi connectivity index (χ1) is 10.2. The fourth-order valence-electron chi connectivity index (χ4n) is 2.04. The lowest BCUT2D eigenvalue weighted by atomic mass is 10.2. The minimum atomic E-state index is -4.68. The number of rotatable bonds is 2. The molecule has 0 saturated heterocycles. The van der Waals surface area contributed by atoms with Gasteiger partial charge >= 0.3 is 6.36 Å². The maximum absolute atomic E-state index is 12.1. The van der Waals surface area contributed by atoms with Crippen LogP contribution in [-0.4, -0.2) is 20.1 Å². The number of nitrogens with zero attached hydrogens (tertiary/aromatic N) is 3. The fourth-order valence-corrected chi connectivity index (χ4v) is 3.96. The van der Waals surface area contributed by atoms with Crippen molar-refractivity contribution in [1.82, 2.24) is 8.94 Å². The number of hydrogen-bond donors (Lipinski definition) is 0. The third kappa shape index (κ3) is 3.46. The SMILES string of the molecule is CC1(C)Cn2c(nsc2=Nc2ccc(OC(F)(F)F)cc2)S1. The molecule has 0 aliphatic carbocycles. The summed E-state index contributed by atoms with van der Waals surface area (Å²) < 4.78 is 46.6. The first-order valence-electron chi connectivity index (χ1n) is 6.38. The van der Waals surface area contributed by atoms with Gasteiger partial charge in [-0.2, -0.15) is 4.37 Å². The highest BCUT2D eigenvalue weighted by atomic mass is 32.2. The molecule has 1 aromatic heterocycles. The van der Waals surface area contributed by atoms with E-state index in [1.54, 1.807) is 11.8 Å². The van der Waals surface area contributed by atoms with Gasteiger partial charge in [-0.3, -0.25) is 4.57 Å². The summed E-state index contributed by atoms with van der Waals surface area (Å²) in [6.45, 7) is 5.06. The van der Waals surface area contributed by atoms with Crippen molar-refractivity contribution in [2.24, 2.45) is 4.99 Å². The van der Waals surface area contributed by atoms with Gasteiger partial charge in [-0.25, -0.2) is 4.99 Å². The Morgan fingerprint density at radius 2 is 1.95 bits per heavy atom. The molecule has 1 aliphatic heterocycles. The highest BCUT2D eigenvalue weighted by Gasteiger charge is 2.32. The Labute approximate surface area is 132 Å². The summed E-state index contributed by atoms with van der Waals surface area (Å²) in [5, 5.41) is 0.922. The molecule has 118 valence electrons. The number of alkyl halides is 3. The summed E-state index contributed by atoms with van der Waals surface area (Å²) >= 11 is 2.97. The Balaban J connectivity index is 1.85. The van der Waals surface area contributed by atoms with Gasteiger partial charge in [0.1, 0.15) is 5.75 Å². The van der Waals surface area contributed by atoms with E-state index in [0.717, 1.165) is 16.5 Å². The maximum atomic E-state index is 12.1. The highest BCUT2D eigenvalue weighted by Crippen LogP contribution is 2.38. The topological polar surface area (TPSA) is 39.4 Å². The molecule has 0 radical (unpaired) electrons. The average Bonchev–Trinajstić information content (AvgIpc) is 2.87. The normalized spacial score (nSPS) is 17.6. The molecule has 3 rings (SSSR count). The molecular formula is C13H12F3N3OS2. The van der Waals surface area contributed by atoms with E-state index >= 15 is 0 Å². The minimum Gasteiger partial charge on any atom is -0.406 e. The van der Waals surface area contributed by atoms with Crippen LogP contribution in [0, 0.1) is 0 Å². The second-order valence-corrected chi connectivity index (χ2v) is 7.75. The summed E-state index contributed by atoms with van der Waals surface area (Å²) in [6.07, 6.45) is -4.68. The van der Waals surface area contributed by atoms with Crippen molar-refractivity contribution < 1.29 is 17.9 Å². The van der Waals surface area contributed by atoms with Gasteiger partial charge in [0, 0.05) is 22.8 Å². The van der Waals surface area contributed by atoms with Crippen LogP contribution < -0.4 is 9.54 Å². The average molecular weight is 347 g/mol. The summed E-state index contributed by atoms with van der Waals surface area (Å²) in [5.41, 5.74) is 0.559. The van der Waals surface area contributed by atoms with E-state index in [2.05, 4.69) is 28.0 Å². The van der Waals surface area contributed by atoms with Gasteiger partial charge in [0.2, 0.25) is 4.80 Å². The van der Waals surface area contributed by atoms with Crippen LogP contribution in [0.2, 0.25) is 0 Å². The second kappa shape index (κ2) is 5.31. The predicted octanol–water partition coefficient (Wildman–Crippen LogP) is 3.96. The standard InChI is InChI=1S/C13H12F3N3OS2/c1-12(2)7-19-10(22-18-11(19)21-12)17-8-3-5-9(6-4-8)20-13(14,15)16/h3-6H,7H2,1-2H3. The molecule has 0 spiro atoms. The molecule has 2 aromatic rings. The summed E-state index contributed by atoms with van der Waals surface area (Å²) in [4.78, 5) is 5.18. The van der Waals surface area contributed by atoms with Crippen LogP contribution in [-0.2, 0) is 6.54 Å². The zero-order valence-electron chi connectivity index (χ0n) is 11.7. The Bertz CT molecular complexity index is 747. The number of halogens is 3. The molecule has 1 aromatic carbocycles. The molecule has 22 heavy (non-hydrogen) atoms. The van der Waals surface area contributed by atoms with E-state index in [-0.39, 0.29) is 10.5 Å². The molecule has 0 amide bonds. The van der Waals surface area contributed by atoms with Gasteiger partial charge in [-0.05, 0) is 38.1 Å². The summed E-state index contributed by atoms with van der Waals surface area (Å²) in [6, 6.07) is 5.47. The second-order valence-electron chi connectivity index (χ2n) is 5.35. The van der Waals surface area contributed by atoms with Crippen molar-refractivity contribution in [3.05, 3.63) is 29.1 Å². The van der Waals surface area contributed by atoms with E-state index in [1.165, 1.54) is 35.8 Å². The smallest absolute Gasteiger partial charge is 0.406 e. The third-order valence-corrected chi connectivity index (χ3v) is 4.90. The Kier molecular flexibility index (Phi) is 3.72. The van der Waals surface area contributed by atoms with Gasteiger partial charge in [0.15, 0.2) is 5.16 Å². The van der Waals surface area contributed by atoms with Crippen LogP contribution >= 0.6 is 23.3 Å². The molecule has 2 heterocycles. The van der Waals surface area contributed by atoms with Crippen LogP contribution in [0.4, 0.5) is 18.9 Å². The third-order valence-electron chi connectivity index (χ3n) is 2.87. The molecule has 0 bridgehead atoms. The zero-order valence-corrected chi connectivity index (χ0v) is 13.3. The van der Waals surface area contributed by atoms with Gasteiger partial charge in [0.25, 0.3) is 0 Å². The van der Waals surface area contributed by atoms with E-state index in [9.17, 15) is 13.2 Å². The van der Waals surface area contributed by atoms with Crippen molar-refractivity contribution in [2.45, 2.75) is 36.7 Å². The largest absolute Gasteiger partial charge is 0.573 e. The maximum Gasteiger partial charge on any atom is 0.573 e. The van der Waals surface area contributed by atoms with Crippen LogP contribution in [0.25, 0.3) is 0 Å². The molecular weight excluding hydrogens is 335 g/mol. The first kappa shape index (κ1) is 15.4. The van der Waals surface area contributed by atoms with Gasteiger partial charge in [-0.15, -0.1) is 13.2 Å². The van der Waals surface area contributed by atoms with Crippen LogP contribution in [0.15, 0.2) is 34.4 Å². The molecule has 1 aliphatic rings. The fraction of sp³-hybridized carbons (Fsp3) is 0.385. The first-order valence-corrected chi connectivity index (χ1v) is 7.97. The van der Waals surface area contributed by atoms with Crippen molar-refractivity contribution >= 4 is 29.0 Å². The van der Waals surface area contributed by atoms with Gasteiger partial charge < -0.3 is 4.74 Å². The molecule has 0 fully saturated rings. The van der Waals surface area contributed by atoms with Crippen molar-refractivity contribution in [3.63, 3.8) is 0 Å². The summed E-state index contributed by atoms with van der Waals surface area (Å²) in [7, 11) is 0. The molecule has 0 N–H and O–H groups in total. The number of fused-ring (bicyclic) bond motifs is 1. The molecule has 9 heteroatoms. The zero-order chi connectivity index (χ0) is 16.0. The number of benzene rings is 1. The van der Waals surface area contributed by atoms with Crippen LogP contribution in [0.3, 0.4) is 0 Å². The number of thioether (sulfide) groups is 1. The van der Waals surface area contributed by atoms with E-state index < -0.39 is 6.36 Å².